The van der Waals surface area contributed by atoms with Crippen molar-refractivity contribution in [1.29, 1.82) is 5.26 Å². The molecule has 17 heavy (non-hydrogen) atoms. The minimum atomic E-state index is -0.637. The number of nitrogens with two attached hydrogens (primary N) is 1. The first-order valence-corrected chi connectivity index (χ1v) is 5.67. The molecule has 0 spiro atoms. The molecule has 0 heterocycles. The summed E-state index contributed by atoms with van der Waals surface area (Å²) in [6.45, 7) is 6.34. The van der Waals surface area contributed by atoms with Crippen molar-refractivity contribution in [2.75, 3.05) is 6.61 Å². The molecule has 2 N–H and O–H groups in total. The van der Waals surface area contributed by atoms with E-state index in [0.29, 0.717) is 18.1 Å². The molecule has 1 aromatic rings. The molecule has 0 bridgehead atoms. The zero-order valence-electron chi connectivity index (χ0n) is 10.4. The average Bonchev–Trinajstić information content (AvgIpc) is 2.30. The van der Waals surface area contributed by atoms with Crippen molar-refractivity contribution < 1.29 is 9.47 Å². The Labute approximate surface area is 102 Å². The Balaban J connectivity index is 3.04. The molecule has 4 heteroatoms. The van der Waals surface area contributed by atoms with Gasteiger partial charge in [0.2, 0.25) is 0 Å². The van der Waals surface area contributed by atoms with Crippen LogP contribution in [0.25, 0.3) is 0 Å². The summed E-state index contributed by atoms with van der Waals surface area (Å²) >= 11 is 0. The van der Waals surface area contributed by atoms with Crippen LogP contribution >= 0.6 is 0 Å². The van der Waals surface area contributed by atoms with Crippen LogP contribution in [-0.2, 0) is 0 Å². The van der Waals surface area contributed by atoms with Crippen molar-refractivity contribution >= 4 is 0 Å². The second-order valence-corrected chi connectivity index (χ2v) is 3.91. The highest BCUT2D eigenvalue weighted by atomic mass is 16.5. The number of benzene rings is 1. The summed E-state index contributed by atoms with van der Waals surface area (Å²) in [5, 5.41) is 8.78. The van der Waals surface area contributed by atoms with Crippen LogP contribution in [0.3, 0.4) is 0 Å². The third-order valence-electron chi connectivity index (χ3n) is 2.13. The molecule has 0 aliphatic rings. The predicted molar refractivity (Wildman–Crippen MR) is 65.9 cm³/mol. The molecular weight excluding hydrogens is 216 g/mol. The zero-order valence-corrected chi connectivity index (χ0v) is 10.4. The quantitative estimate of drug-likeness (QED) is 0.849. The van der Waals surface area contributed by atoms with Gasteiger partial charge in [0.05, 0.1) is 18.8 Å². The third-order valence-corrected chi connectivity index (χ3v) is 2.13. The summed E-state index contributed by atoms with van der Waals surface area (Å²) in [4.78, 5) is 0. The van der Waals surface area contributed by atoms with Crippen LogP contribution < -0.4 is 15.2 Å². The number of nitriles is 1. The van der Waals surface area contributed by atoms with E-state index in [2.05, 4.69) is 0 Å². The van der Waals surface area contributed by atoms with Gasteiger partial charge in [0.25, 0.3) is 0 Å². The van der Waals surface area contributed by atoms with Gasteiger partial charge in [-0.05, 0) is 38.5 Å². The summed E-state index contributed by atoms with van der Waals surface area (Å²) < 4.78 is 11.1. The molecule has 0 saturated heterocycles. The molecule has 0 saturated carbocycles. The maximum Gasteiger partial charge on any atom is 0.161 e. The number of hydrogen-bond acceptors (Lipinski definition) is 4. The van der Waals surface area contributed by atoms with Crippen LogP contribution in [-0.4, -0.2) is 12.7 Å². The lowest BCUT2D eigenvalue weighted by atomic mass is 10.1. The van der Waals surface area contributed by atoms with Crippen LogP contribution in [0, 0.1) is 11.3 Å². The Bertz CT molecular complexity index is 410. The van der Waals surface area contributed by atoms with Crippen LogP contribution in [0.2, 0.25) is 0 Å². The Morgan fingerprint density at radius 2 is 2.06 bits per heavy atom. The van der Waals surface area contributed by atoms with Gasteiger partial charge < -0.3 is 15.2 Å². The molecule has 0 aromatic heterocycles. The third kappa shape index (κ3) is 3.65. The lowest BCUT2D eigenvalue weighted by Crippen LogP contribution is -2.10. The van der Waals surface area contributed by atoms with Crippen LogP contribution in [0.4, 0.5) is 0 Å². The molecule has 4 nitrogen and oxygen atoms in total. The van der Waals surface area contributed by atoms with E-state index >= 15 is 0 Å². The van der Waals surface area contributed by atoms with Gasteiger partial charge in [-0.15, -0.1) is 0 Å². The molecule has 1 rings (SSSR count). The smallest absolute Gasteiger partial charge is 0.161 e. The molecule has 0 radical (unpaired) electrons. The number of hydrogen-bond donors (Lipinski definition) is 1. The maximum absolute atomic E-state index is 8.78. The van der Waals surface area contributed by atoms with Crippen molar-refractivity contribution in [2.24, 2.45) is 5.73 Å². The standard InChI is InChI=1S/C13H18N2O2/c1-4-16-13-7-10(11(15)8-14)5-6-12(13)17-9(2)3/h5-7,9,11H,4,15H2,1-3H3. The van der Waals surface area contributed by atoms with Gasteiger partial charge in [0.1, 0.15) is 6.04 Å². The van der Waals surface area contributed by atoms with E-state index < -0.39 is 6.04 Å². The molecular formula is C13H18N2O2. The topological polar surface area (TPSA) is 68.3 Å². The van der Waals surface area contributed by atoms with E-state index in [1.807, 2.05) is 26.8 Å². The fourth-order valence-electron chi connectivity index (χ4n) is 1.41. The Morgan fingerprint density at radius 3 is 2.59 bits per heavy atom. The number of nitrogens with zero attached hydrogens (tertiary/aromatic N) is 1. The molecule has 1 aromatic carbocycles. The van der Waals surface area contributed by atoms with E-state index in [-0.39, 0.29) is 6.10 Å². The zero-order chi connectivity index (χ0) is 12.8. The van der Waals surface area contributed by atoms with Gasteiger partial charge in [0, 0.05) is 0 Å². The highest BCUT2D eigenvalue weighted by molar-refractivity contribution is 5.44. The van der Waals surface area contributed by atoms with E-state index in [4.69, 9.17) is 20.5 Å². The molecule has 0 fully saturated rings. The first-order valence-electron chi connectivity index (χ1n) is 5.67. The summed E-state index contributed by atoms with van der Waals surface area (Å²) in [5.74, 6) is 1.31. The monoisotopic (exact) mass is 234 g/mol. The Morgan fingerprint density at radius 1 is 1.35 bits per heavy atom. The molecule has 1 unspecified atom stereocenters. The van der Waals surface area contributed by atoms with Crippen molar-refractivity contribution in [2.45, 2.75) is 32.9 Å². The predicted octanol–water partition coefficient (Wildman–Crippen LogP) is 2.40. The van der Waals surface area contributed by atoms with Crippen LogP contribution in [0.1, 0.15) is 32.4 Å². The van der Waals surface area contributed by atoms with Gasteiger partial charge in [-0.3, -0.25) is 0 Å². The van der Waals surface area contributed by atoms with Gasteiger partial charge in [-0.2, -0.15) is 5.26 Å². The lowest BCUT2D eigenvalue weighted by molar-refractivity contribution is 0.223. The van der Waals surface area contributed by atoms with Gasteiger partial charge >= 0.3 is 0 Å². The van der Waals surface area contributed by atoms with Crippen molar-refractivity contribution in [3.8, 4) is 17.6 Å². The lowest BCUT2D eigenvalue weighted by Gasteiger charge is -2.16. The summed E-state index contributed by atoms with van der Waals surface area (Å²) in [6, 6.07) is 6.69. The molecule has 0 aliphatic heterocycles. The van der Waals surface area contributed by atoms with Crippen molar-refractivity contribution in [3.05, 3.63) is 23.8 Å². The molecule has 0 aliphatic carbocycles. The van der Waals surface area contributed by atoms with E-state index in [0.717, 1.165) is 5.56 Å². The summed E-state index contributed by atoms with van der Waals surface area (Å²) in [6.07, 6.45) is 0.0738. The van der Waals surface area contributed by atoms with E-state index in [1.54, 1.807) is 18.2 Å². The largest absolute Gasteiger partial charge is 0.490 e. The number of ether oxygens (including phenoxy) is 2. The van der Waals surface area contributed by atoms with Gasteiger partial charge in [0.15, 0.2) is 11.5 Å². The summed E-state index contributed by atoms with van der Waals surface area (Å²) in [5.41, 5.74) is 6.38. The maximum atomic E-state index is 8.78. The van der Waals surface area contributed by atoms with Crippen molar-refractivity contribution in [3.63, 3.8) is 0 Å². The molecule has 92 valence electrons. The average molecular weight is 234 g/mol. The van der Waals surface area contributed by atoms with Crippen LogP contribution in [0.5, 0.6) is 11.5 Å². The first-order chi connectivity index (χ1) is 8.08. The number of rotatable bonds is 5. The van der Waals surface area contributed by atoms with E-state index in [9.17, 15) is 0 Å². The normalized spacial score (nSPS) is 12.0. The van der Waals surface area contributed by atoms with Crippen LogP contribution in [0.15, 0.2) is 18.2 Å². The fraction of sp³-hybridized carbons (Fsp3) is 0.462. The second-order valence-electron chi connectivity index (χ2n) is 3.91. The minimum absolute atomic E-state index is 0.0738. The van der Waals surface area contributed by atoms with Crippen molar-refractivity contribution in [1.82, 2.24) is 0 Å². The SMILES string of the molecule is CCOc1cc(C(N)C#N)ccc1OC(C)C. The minimum Gasteiger partial charge on any atom is -0.490 e. The highest BCUT2D eigenvalue weighted by Gasteiger charge is 2.11. The highest BCUT2D eigenvalue weighted by Crippen LogP contribution is 2.30. The van der Waals surface area contributed by atoms with Gasteiger partial charge in [-0.1, -0.05) is 6.07 Å². The second kappa shape index (κ2) is 6.12. The molecule has 0 amide bonds. The van der Waals surface area contributed by atoms with Gasteiger partial charge in [-0.25, -0.2) is 0 Å². The fourth-order valence-corrected chi connectivity index (χ4v) is 1.41. The van der Waals surface area contributed by atoms with E-state index in [1.165, 1.54) is 0 Å². The first kappa shape index (κ1) is 13.3. The summed E-state index contributed by atoms with van der Waals surface area (Å²) in [7, 11) is 0. The molecule has 1 atom stereocenters. The Kier molecular flexibility index (Phi) is 4.80. The Hall–Kier alpha value is -1.73.